The van der Waals surface area contributed by atoms with E-state index in [2.05, 4.69) is 13.8 Å². The van der Waals surface area contributed by atoms with Crippen LogP contribution in [0.1, 0.15) is 50.3 Å². The minimum atomic E-state index is -0.157. The van der Waals surface area contributed by atoms with Crippen LogP contribution in [-0.4, -0.2) is 0 Å². The van der Waals surface area contributed by atoms with E-state index in [0.717, 1.165) is 12.8 Å². The highest BCUT2D eigenvalue weighted by atomic mass is 19.1. The van der Waals surface area contributed by atoms with E-state index in [4.69, 9.17) is 5.73 Å². The fourth-order valence-electron chi connectivity index (χ4n) is 3.48. The molecule has 100 valence electrons. The molecule has 2 N–H and O–H groups in total. The van der Waals surface area contributed by atoms with Crippen molar-refractivity contribution >= 4 is 0 Å². The zero-order valence-electron chi connectivity index (χ0n) is 11.6. The molecule has 3 atom stereocenters. The number of rotatable bonds is 2. The Labute approximate surface area is 110 Å². The van der Waals surface area contributed by atoms with Gasteiger partial charge in [0, 0.05) is 11.6 Å². The van der Waals surface area contributed by atoms with Crippen LogP contribution in [0.5, 0.6) is 0 Å². The molecular weight excluding hydrogens is 225 g/mol. The Morgan fingerprint density at radius 2 is 1.78 bits per heavy atom. The number of aryl methyl sites for hydroxylation is 1. The summed E-state index contributed by atoms with van der Waals surface area (Å²) in [6.07, 6.45) is 3.53. The number of halogens is 1. The number of hydrogen-bond acceptors (Lipinski definition) is 1. The Bertz CT molecular complexity index is 406. The lowest BCUT2D eigenvalue weighted by atomic mass is 9.72. The predicted octanol–water partition coefficient (Wildman–Crippen LogP) is 4.21. The minimum absolute atomic E-state index is 0.115. The lowest BCUT2D eigenvalue weighted by Crippen LogP contribution is -2.30. The minimum Gasteiger partial charge on any atom is -0.324 e. The summed E-state index contributed by atoms with van der Waals surface area (Å²) in [6.45, 7) is 6.36. The van der Waals surface area contributed by atoms with Gasteiger partial charge in [0.05, 0.1) is 0 Å². The SMILES string of the molecule is Cc1cccc(C(N)C2CC(C)CC(C)C2)c1F. The largest absolute Gasteiger partial charge is 0.324 e. The lowest BCUT2D eigenvalue weighted by molar-refractivity contribution is 0.191. The topological polar surface area (TPSA) is 26.0 Å². The maximum Gasteiger partial charge on any atom is 0.130 e. The van der Waals surface area contributed by atoms with Gasteiger partial charge in [0.25, 0.3) is 0 Å². The molecule has 1 aliphatic carbocycles. The Morgan fingerprint density at radius 3 is 2.39 bits per heavy atom. The molecule has 0 radical (unpaired) electrons. The van der Waals surface area contributed by atoms with E-state index < -0.39 is 0 Å². The van der Waals surface area contributed by atoms with Crippen molar-refractivity contribution in [1.82, 2.24) is 0 Å². The molecule has 1 fully saturated rings. The number of hydrogen-bond donors (Lipinski definition) is 1. The van der Waals surface area contributed by atoms with Crippen molar-refractivity contribution in [2.24, 2.45) is 23.5 Å². The maximum atomic E-state index is 14.1. The molecule has 2 heteroatoms. The van der Waals surface area contributed by atoms with Gasteiger partial charge in [0.1, 0.15) is 5.82 Å². The molecule has 1 nitrogen and oxygen atoms in total. The van der Waals surface area contributed by atoms with Crippen LogP contribution < -0.4 is 5.73 Å². The Hall–Kier alpha value is -0.890. The van der Waals surface area contributed by atoms with Crippen LogP contribution in [0.4, 0.5) is 4.39 Å². The van der Waals surface area contributed by atoms with Crippen molar-refractivity contribution < 1.29 is 4.39 Å². The molecule has 1 aromatic rings. The van der Waals surface area contributed by atoms with Crippen molar-refractivity contribution in [3.05, 3.63) is 35.1 Å². The Kier molecular flexibility index (Phi) is 4.06. The van der Waals surface area contributed by atoms with Crippen LogP contribution in [0, 0.1) is 30.5 Å². The molecule has 0 saturated heterocycles. The third-order valence-corrected chi connectivity index (χ3v) is 4.30. The van der Waals surface area contributed by atoms with Crippen molar-refractivity contribution in [2.75, 3.05) is 0 Å². The molecule has 3 unspecified atom stereocenters. The third kappa shape index (κ3) is 2.74. The Morgan fingerprint density at radius 1 is 1.17 bits per heavy atom. The van der Waals surface area contributed by atoms with Gasteiger partial charge in [-0.15, -0.1) is 0 Å². The molecule has 1 saturated carbocycles. The summed E-state index contributed by atoms with van der Waals surface area (Å²) in [5.74, 6) is 1.71. The first-order valence-electron chi connectivity index (χ1n) is 6.99. The predicted molar refractivity (Wildman–Crippen MR) is 73.7 cm³/mol. The van der Waals surface area contributed by atoms with E-state index in [1.165, 1.54) is 6.42 Å². The molecule has 0 bridgehead atoms. The molecule has 1 aliphatic rings. The highest BCUT2D eigenvalue weighted by molar-refractivity contribution is 5.27. The summed E-state index contributed by atoms with van der Waals surface area (Å²) in [5, 5.41) is 0. The molecular formula is C16H24FN. The van der Waals surface area contributed by atoms with Gasteiger partial charge in [-0.05, 0) is 49.5 Å². The molecule has 0 amide bonds. The quantitative estimate of drug-likeness (QED) is 0.835. The van der Waals surface area contributed by atoms with Gasteiger partial charge >= 0.3 is 0 Å². The van der Waals surface area contributed by atoms with Gasteiger partial charge in [-0.2, -0.15) is 0 Å². The second-order valence-corrected chi connectivity index (χ2v) is 6.18. The van der Waals surface area contributed by atoms with Gasteiger partial charge in [-0.1, -0.05) is 32.0 Å². The highest BCUT2D eigenvalue weighted by Crippen LogP contribution is 2.39. The van der Waals surface area contributed by atoms with E-state index in [1.807, 2.05) is 12.1 Å². The van der Waals surface area contributed by atoms with Crippen molar-refractivity contribution in [1.29, 1.82) is 0 Å². The van der Waals surface area contributed by atoms with E-state index in [1.54, 1.807) is 13.0 Å². The van der Waals surface area contributed by atoms with Crippen molar-refractivity contribution in [3.63, 3.8) is 0 Å². The first-order chi connectivity index (χ1) is 8.49. The van der Waals surface area contributed by atoms with E-state index in [-0.39, 0.29) is 11.9 Å². The van der Waals surface area contributed by atoms with Gasteiger partial charge < -0.3 is 5.73 Å². The fraction of sp³-hybridized carbons (Fsp3) is 0.625. The summed E-state index contributed by atoms with van der Waals surface area (Å²) >= 11 is 0. The van der Waals surface area contributed by atoms with Gasteiger partial charge in [-0.25, -0.2) is 4.39 Å². The van der Waals surface area contributed by atoms with Crippen LogP contribution in [-0.2, 0) is 0 Å². The van der Waals surface area contributed by atoms with Gasteiger partial charge in [0.2, 0.25) is 0 Å². The first-order valence-corrected chi connectivity index (χ1v) is 6.99. The average Bonchev–Trinajstić information content (AvgIpc) is 2.30. The fourth-order valence-corrected chi connectivity index (χ4v) is 3.48. The Balaban J connectivity index is 2.20. The maximum absolute atomic E-state index is 14.1. The first kappa shape index (κ1) is 13.5. The monoisotopic (exact) mass is 249 g/mol. The second-order valence-electron chi connectivity index (χ2n) is 6.18. The van der Waals surface area contributed by atoms with Crippen molar-refractivity contribution in [3.8, 4) is 0 Å². The summed E-state index contributed by atoms with van der Waals surface area (Å²) in [6, 6.07) is 5.40. The molecule has 1 aromatic carbocycles. The van der Waals surface area contributed by atoms with Crippen LogP contribution in [0.2, 0.25) is 0 Å². The zero-order valence-corrected chi connectivity index (χ0v) is 11.6. The normalized spacial score (nSPS) is 30.2. The molecule has 2 rings (SSSR count). The van der Waals surface area contributed by atoms with Crippen LogP contribution in [0.25, 0.3) is 0 Å². The van der Waals surface area contributed by atoms with Crippen LogP contribution in [0.15, 0.2) is 18.2 Å². The van der Waals surface area contributed by atoms with Crippen LogP contribution in [0.3, 0.4) is 0 Å². The summed E-state index contributed by atoms with van der Waals surface area (Å²) in [4.78, 5) is 0. The molecule has 0 heterocycles. The zero-order chi connectivity index (χ0) is 13.3. The van der Waals surface area contributed by atoms with Gasteiger partial charge in [0.15, 0.2) is 0 Å². The lowest BCUT2D eigenvalue weighted by Gasteiger charge is -2.35. The van der Waals surface area contributed by atoms with Crippen LogP contribution >= 0.6 is 0 Å². The van der Waals surface area contributed by atoms with Gasteiger partial charge in [-0.3, -0.25) is 0 Å². The summed E-state index contributed by atoms with van der Waals surface area (Å²) in [5.41, 5.74) is 7.71. The number of nitrogens with two attached hydrogens (primary N) is 1. The summed E-state index contributed by atoms with van der Waals surface area (Å²) < 4.78 is 14.1. The molecule has 0 aliphatic heterocycles. The third-order valence-electron chi connectivity index (χ3n) is 4.30. The molecule has 0 spiro atoms. The standard InChI is InChI=1S/C16H24FN/c1-10-7-11(2)9-13(8-10)16(18)14-6-4-5-12(3)15(14)17/h4-6,10-11,13,16H,7-9,18H2,1-3H3. The highest BCUT2D eigenvalue weighted by Gasteiger charge is 2.30. The molecule has 0 aromatic heterocycles. The average molecular weight is 249 g/mol. The van der Waals surface area contributed by atoms with E-state index in [9.17, 15) is 4.39 Å². The van der Waals surface area contributed by atoms with Crippen molar-refractivity contribution in [2.45, 2.75) is 46.1 Å². The van der Waals surface area contributed by atoms with E-state index >= 15 is 0 Å². The number of benzene rings is 1. The summed E-state index contributed by atoms with van der Waals surface area (Å²) in [7, 11) is 0. The second kappa shape index (κ2) is 5.40. The van der Waals surface area contributed by atoms with E-state index in [0.29, 0.717) is 28.9 Å². The molecule has 18 heavy (non-hydrogen) atoms. The smallest absolute Gasteiger partial charge is 0.130 e.